The molecule has 1 aliphatic carbocycles. The van der Waals surface area contributed by atoms with E-state index in [9.17, 15) is 0 Å². The van der Waals surface area contributed by atoms with Crippen molar-refractivity contribution in [2.75, 3.05) is 0 Å². The number of rotatable bonds is 5. The van der Waals surface area contributed by atoms with Gasteiger partial charge in [0.1, 0.15) is 0 Å². The minimum atomic E-state index is 0.0851. The van der Waals surface area contributed by atoms with Gasteiger partial charge in [-0.05, 0) is 24.0 Å². The SMILES string of the molecule is OCc1ccc(CSc2nnc(C3CCCCC3)o2)cc1. The quantitative estimate of drug-likeness (QED) is 0.849. The summed E-state index contributed by atoms with van der Waals surface area (Å²) >= 11 is 1.57. The van der Waals surface area contributed by atoms with Gasteiger partial charge in [-0.1, -0.05) is 55.3 Å². The fourth-order valence-corrected chi connectivity index (χ4v) is 3.40. The minimum absolute atomic E-state index is 0.0851. The summed E-state index contributed by atoms with van der Waals surface area (Å²) in [6.07, 6.45) is 6.22. The summed E-state index contributed by atoms with van der Waals surface area (Å²) < 4.78 is 5.79. The molecule has 1 N–H and O–H groups in total. The van der Waals surface area contributed by atoms with Crippen molar-refractivity contribution in [3.05, 3.63) is 41.3 Å². The molecule has 0 saturated heterocycles. The van der Waals surface area contributed by atoms with E-state index in [4.69, 9.17) is 9.52 Å². The van der Waals surface area contributed by atoms with Crippen molar-refractivity contribution >= 4 is 11.8 Å². The zero-order valence-corrected chi connectivity index (χ0v) is 12.8. The third kappa shape index (κ3) is 3.86. The first-order chi connectivity index (χ1) is 10.3. The summed E-state index contributed by atoms with van der Waals surface area (Å²) in [5.41, 5.74) is 2.12. The molecule has 5 heteroatoms. The Morgan fingerprint density at radius 1 is 1.05 bits per heavy atom. The maximum Gasteiger partial charge on any atom is 0.276 e. The van der Waals surface area contributed by atoms with Crippen LogP contribution in [0.2, 0.25) is 0 Å². The Labute approximate surface area is 129 Å². The minimum Gasteiger partial charge on any atom is -0.416 e. The molecule has 0 atom stereocenters. The van der Waals surface area contributed by atoms with Crippen LogP contribution in [0.5, 0.6) is 0 Å². The van der Waals surface area contributed by atoms with Gasteiger partial charge in [0.05, 0.1) is 6.61 Å². The Balaban J connectivity index is 1.56. The van der Waals surface area contributed by atoms with E-state index in [2.05, 4.69) is 10.2 Å². The number of hydrogen-bond donors (Lipinski definition) is 1. The molecule has 0 amide bonds. The molecule has 1 heterocycles. The van der Waals surface area contributed by atoms with Crippen LogP contribution in [-0.2, 0) is 12.4 Å². The van der Waals surface area contributed by atoms with Crippen LogP contribution in [0.3, 0.4) is 0 Å². The van der Waals surface area contributed by atoms with Gasteiger partial charge in [-0.3, -0.25) is 0 Å². The fraction of sp³-hybridized carbons (Fsp3) is 0.500. The largest absolute Gasteiger partial charge is 0.416 e. The Morgan fingerprint density at radius 2 is 1.76 bits per heavy atom. The van der Waals surface area contributed by atoms with Gasteiger partial charge >= 0.3 is 0 Å². The van der Waals surface area contributed by atoms with Gasteiger partial charge in [0.2, 0.25) is 5.89 Å². The maximum atomic E-state index is 9.02. The predicted octanol–water partition coefficient (Wildman–Crippen LogP) is 3.90. The molecule has 0 unspecified atom stereocenters. The van der Waals surface area contributed by atoms with Gasteiger partial charge in [-0.2, -0.15) is 0 Å². The smallest absolute Gasteiger partial charge is 0.276 e. The van der Waals surface area contributed by atoms with E-state index < -0.39 is 0 Å². The van der Waals surface area contributed by atoms with Crippen molar-refractivity contribution in [2.24, 2.45) is 0 Å². The lowest BCUT2D eigenvalue weighted by Gasteiger charge is -2.17. The Kier molecular flexibility index (Phi) is 4.93. The molecule has 2 aromatic rings. The second-order valence-electron chi connectivity index (χ2n) is 5.50. The number of aliphatic hydroxyl groups is 1. The zero-order valence-electron chi connectivity index (χ0n) is 12.0. The molecule has 0 radical (unpaired) electrons. The van der Waals surface area contributed by atoms with Gasteiger partial charge in [0.25, 0.3) is 5.22 Å². The number of aliphatic hydroxyl groups excluding tert-OH is 1. The van der Waals surface area contributed by atoms with E-state index >= 15 is 0 Å². The summed E-state index contributed by atoms with van der Waals surface area (Å²) in [4.78, 5) is 0. The average molecular weight is 304 g/mol. The number of aromatic nitrogens is 2. The summed E-state index contributed by atoms with van der Waals surface area (Å²) in [5, 5.41) is 18.0. The Bertz CT molecular complexity index is 562. The highest BCUT2D eigenvalue weighted by Gasteiger charge is 2.21. The molecule has 3 rings (SSSR count). The highest BCUT2D eigenvalue weighted by atomic mass is 32.2. The van der Waals surface area contributed by atoms with Crippen molar-refractivity contribution in [1.29, 1.82) is 0 Å². The van der Waals surface area contributed by atoms with Crippen molar-refractivity contribution in [2.45, 2.75) is 55.6 Å². The van der Waals surface area contributed by atoms with Gasteiger partial charge in [0.15, 0.2) is 0 Å². The number of nitrogens with zero attached hydrogens (tertiary/aromatic N) is 2. The topological polar surface area (TPSA) is 59.2 Å². The molecular weight excluding hydrogens is 284 g/mol. The molecule has 1 aromatic carbocycles. The lowest BCUT2D eigenvalue weighted by atomic mass is 9.89. The van der Waals surface area contributed by atoms with Crippen LogP contribution in [0.4, 0.5) is 0 Å². The number of benzene rings is 1. The molecule has 112 valence electrons. The van der Waals surface area contributed by atoms with Gasteiger partial charge in [0, 0.05) is 11.7 Å². The van der Waals surface area contributed by atoms with E-state index in [1.165, 1.54) is 37.7 Å². The van der Waals surface area contributed by atoms with Crippen LogP contribution in [0, 0.1) is 0 Å². The van der Waals surface area contributed by atoms with Gasteiger partial charge in [-0.15, -0.1) is 10.2 Å². The van der Waals surface area contributed by atoms with Crippen LogP contribution in [0.1, 0.15) is 55.0 Å². The van der Waals surface area contributed by atoms with Crippen molar-refractivity contribution < 1.29 is 9.52 Å². The van der Waals surface area contributed by atoms with Crippen LogP contribution >= 0.6 is 11.8 Å². The molecule has 4 nitrogen and oxygen atoms in total. The zero-order chi connectivity index (χ0) is 14.5. The Morgan fingerprint density at radius 3 is 2.48 bits per heavy atom. The predicted molar refractivity (Wildman–Crippen MR) is 82.0 cm³/mol. The maximum absolute atomic E-state index is 9.02. The van der Waals surface area contributed by atoms with E-state index in [1.54, 1.807) is 11.8 Å². The van der Waals surface area contributed by atoms with Crippen molar-refractivity contribution in [3.8, 4) is 0 Å². The molecule has 1 aliphatic rings. The number of thioether (sulfide) groups is 1. The van der Waals surface area contributed by atoms with E-state index in [0.717, 1.165) is 17.2 Å². The summed E-state index contributed by atoms with van der Waals surface area (Å²) in [6, 6.07) is 7.93. The first-order valence-electron chi connectivity index (χ1n) is 7.50. The van der Waals surface area contributed by atoms with Crippen LogP contribution in [-0.4, -0.2) is 15.3 Å². The number of hydrogen-bond acceptors (Lipinski definition) is 5. The average Bonchev–Trinajstić information content (AvgIpc) is 3.03. The third-order valence-electron chi connectivity index (χ3n) is 3.94. The molecule has 1 aromatic heterocycles. The van der Waals surface area contributed by atoms with Crippen LogP contribution < -0.4 is 0 Å². The second-order valence-corrected chi connectivity index (χ2v) is 6.43. The standard InChI is InChI=1S/C16H20N2O2S/c19-10-12-6-8-13(9-7-12)11-21-16-18-17-15(20-16)14-4-2-1-3-5-14/h6-9,14,19H,1-5,10-11H2. The lowest BCUT2D eigenvalue weighted by molar-refractivity contribution is 0.282. The van der Waals surface area contributed by atoms with Crippen LogP contribution in [0.15, 0.2) is 33.9 Å². The first kappa shape index (κ1) is 14.6. The Hall–Kier alpha value is -1.33. The second kappa shape index (κ2) is 7.09. The molecule has 0 aliphatic heterocycles. The summed E-state index contributed by atoms with van der Waals surface area (Å²) in [6.45, 7) is 0.0851. The third-order valence-corrected chi connectivity index (χ3v) is 4.83. The van der Waals surface area contributed by atoms with E-state index in [-0.39, 0.29) is 6.61 Å². The molecule has 21 heavy (non-hydrogen) atoms. The molecule has 0 spiro atoms. The molecular formula is C16H20N2O2S. The summed E-state index contributed by atoms with van der Waals surface area (Å²) in [7, 11) is 0. The molecule has 0 bridgehead atoms. The van der Waals surface area contributed by atoms with Gasteiger partial charge in [-0.25, -0.2) is 0 Å². The van der Waals surface area contributed by atoms with Crippen LogP contribution in [0.25, 0.3) is 0 Å². The van der Waals surface area contributed by atoms with Gasteiger partial charge < -0.3 is 9.52 Å². The normalized spacial score (nSPS) is 16.2. The summed E-state index contributed by atoms with van der Waals surface area (Å²) in [5.74, 6) is 2.08. The van der Waals surface area contributed by atoms with E-state index in [0.29, 0.717) is 11.1 Å². The van der Waals surface area contributed by atoms with Crippen molar-refractivity contribution in [3.63, 3.8) is 0 Å². The highest BCUT2D eigenvalue weighted by Crippen LogP contribution is 2.33. The highest BCUT2D eigenvalue weighted by molar-refractivity contribution is 7.98. The monoisotopic (exact) mass is 304 g/mol. The molecule has 1 fully saturated rings. The fourth-order valence-electron chi connectivity index (χ4n) is 2.68. The molecule has 1 saturated carbocycles. The van der Waals surface area contributed by atoms with E-state index in [1.807, 2.05) is 24.3 Å². The first-order valence-corrected chi connectivity index (χ1v) is 8.48. The van der Waals surface area contributed by atoms with Crippen molar-refractivity contribution in [1.82, 2.24) is 10.2 Å². The lowest BCUT2D eigenvalue weighted by Crippen LogP contribution is -2.04.